The van der Waals surface area contributed by atoms with Crippen molar-refractivity contribution in [2.45, 2.75) is 13.8 Å². The minimum atomic E-state index is -0.428. The van der Waals surface area contributed by atoms with Crippen LogP contribution in [0.25, 0.3) is 0 Å². The quantitative estimate of drug-likeness (QED) is 0.665. The van der Waals surface area contributed by atoms with Gasteiger partial charge in [-0.05, 0) is 49.7 Å². The molecule has 2 aromatic carbocycles. The van der Waals surface area contributed by atoms with E-state index in [9.17, 15) is 18.8 Å². The van der Waals surface area contributed by atoms with E-state index in [1.54, 1.807) is 17.0 Å². The van der Waals surface area contributed by atoms with Crippen LogP contribution in [0.2, 0.25) is 0 Å². The Bertz CT molecular complexity index is 974. The van der Waals surface area contributed by atoms with Crippen LogP contribution >= 0.6 is 11.8 Å². The highest BCUT2D eigenvalue weighted by atomic mass is 32.2. The summed E-state index contributed by atoms with van der Waals surface area (Å²) < 4.78 is 14.4. The highest BCUT2D eigenvalue weighted by Gasteiger charge is 2.23. The van der Waals surface area contributed by atoms with Gasteiger partial charge in [-0.3, -0.25) is 14.4 Å². The number of aryl methyl sites for hydroxylation is 1. The van der Waals surface area contributed by atoms with E-state index in [-0.39, 0.29) is 29.1 Å². The molecule has 0 unspecified atom stereocenters. The largest absolute Gasteiger partial charge is 0.366 e. The predicted molar refractivity (Wildman–Crippen MR) is 122 cm³/mol. The molecule has 31 heavy (non-hydrogen) atoms. The van der Waals surface area contributed by atoms with Gasteiger partial charge in [0, 0.05) is 37.4 Å². The standard InChI is InChI=1S/C23H26FN3O3S/c1-16-4-3-5-19(12-16)25-22(29)14-31-15-23(30)27-10-8-26(9-11-27)21-7-6-18(17(2)28)13-20(21)24/h3-7,12-13H,8-11,14-15H2,1-2H3,(H,25,29). The molecule has 3 rings (SSSR count). The van der Waals surface area contributed by atoms with Crippen LogP contribution in [0.5, 0.6) is 0 Å². The van der Waals surface area contributed by atoms with Crippen molar-refractivity contribution in [3.8, 4) is 0 Å². The normalized spacial score (nSPS) is 13.8. The lowest BCUT2D eigenvalue weighted by Gasteiger charge is -2.36. The summed E-state index contributed by atoms with van der Waals surface area (Å²) in [6, 6.07) is 12.1. The number of benzene rings is 2. The Morgan fingerprint density at radius 2 is 1.77 bits per heavy atom. The molecule has 1 N–H and O–H groups in total. The molecule has 0 atom stereocenters. The first-order valence-corrected chi connectivity index (χ1v) is 11.3. The summed E-state index contributed by atoms with van der Waals surface area (Å²) in [4.78, 5) is 39.5. The van der Waals surface area contributed by atoms with Crippen LogP contribution < -0.4 is 10.2 Å². The van der Waals surface area contributed by atoms with Crippen LogP contribution in [-0.4, -0.2) is 60.2 Å². The first-order valence-electron chi connectivity index (χ1n) is 10.1. The Hall–Kier alpha value is -2.87. The van der Waals surface area contributed by atoms with Gasteiger partial charge in [-0.25, -0.2) is 4.39 Å². The van der Waals surface area contributed by atoms with Crippen LogP contribution in [0, 0.1) is 12.7 Å². The average Bonchev–Trinajstić information content (AvgIpc) is 2.73. The van der Waals surface area contributed by atoms with Crippen molar-refractivity contribution in [1.82, 2.24) is 4.90 Å². The molecule has 0 aliphatic carbocycles. The second-order valence-corrected chi connectivity index (χ2v) is 8.49. The summed E-state index contributed by atoms with van der Waals surface area (Å²) in [6.45, 7) is 5.37. The maximum absolute atomic E-state index is 14.4. The third kappa shape index (κ3) is 6.30. The van der Waals surface area contributed by atoms with Crippen molar-refractivity contribution >= 4 is 40.7 Å². The fraction of sp³-hybridized carbons (Fsp3) is 0.348. The Balaban J connectivity index is 1.42. The summed E-state index contributed by atoms with van der Waals surface area (Å²) in [5.41, 5.74) is 2.60. The molecule has 0 aromatic heterocycles. The lowest BCUT2D eigenvalue weighted by molar-refractivity contribution is -0.128. The number of amides is 2. The van der Waals surface area contributed by atoms with Gasteiger partial charge in [0.25, 0.3) is 0 Å². The molecule has 2 aromatic rings. The van der Waals surface area contributed by atoms with Crippen LogP contribution in [0.15, 0.2) is 42.5 Å². The molecular formula is C23H26FN3O3S. The van der Waals surface area contributed by atoms with Crippen molar-refractivity contribution in [2.24, 2.45) is 0 Å². The number of piperazine rings is 1. The van der Waals surface area contributed by atoms with E-state index < -0.39 is 5.82 Å². The van der Waals surface area contributed by atoms with E-state index >= 15 is 0 Å². The van der Waals surface area contributed by atoms with Gasteiger partial charge in [-0.15, -0.1) is 11.8 Å². The Morgan fingerprint density at radius 1 is 1.03 bits per heavy atom. The summed E-state index contributed by atoms with van der Waals surface area (Å²) in [7, 11) is 0. The van der Waals surface area contributed by atoms with Crippen molar-refractivity contribution in [2.75, 3.05) is 47.9 Å². The van der Waals surface area contributed by atoms with Crippen molar-refractivity contribution < 1.29 is 18.8 Å². The van der Waals surface area contributed by atoms with Crippen molar-refractivity contribution in [3.63, 3.8) is 0 Å². The molecule has 1 aliphatic rings. The van der Waals surface area contributed by atoms with Crippen molar-refractivity contribution in [3.05, 3.63) is 59.4 Å². The molecule has 0 spiro atoms. The molecule has 6 nitrogen and oxygen atoms in total. The summed E-state index contributed by atoms with van der Waals surface area (Å²) in [5, 5.41) is 2.83. The fourth-order valence-corrected chi connectivity index (χ4v) is 4.14. The van der Waals surface area contributed by atoms with Gasteiger partial charge in [-0.1, -0.05) is 12.1 Å². The van der Waals surface area contributed by atoms with Crippen molar-refractivity contribution in [1.29, 1.82) is 0 Å². The summed E-state index contributed by atoms with van der Waals surface area (Å²) >= 11 is 1.28. The van der Waals surface area contributed by atoms with Gasteiger partial charge >= 0.3 is 0 Å². The molecule has 0 saturated carbocycles. The number of thioether (sulfide) groups is 1. The second-order valence-electron chi connectivity index (χ2n) is 7.50. The molecule has 0 radical (unpaired) electrons. The maximum atomic E-state index is 14.4. The lowest BCUT2D eigenvalue weighted by Crippen LogP contribution is -2.49. The number of carbonyl (C=O) groups is 3. The third-order valence-electron chi connectivity index (χ3n) is 5.09. The van der Waals surface area contributed by atoms with E-state index in [1.165, 1.54) is 24.8 Å². The van der Waals surface area contributed by atoms with Crippen LogP contribution in [0.3, 0.4) is 0 Å². The molecule has 1 fully saturated rings. The number of rotatable bonds is 7. The Morgan fingerprint density at radius 3 is 2.42 bits per heavy atom. The second kappa shape index (κ2) is 10.4. The van der Waals surface area contributed by atoms with Crippen LogP contribution in [-0.2, 0) is 9.59 Å². The Kier molecular flexibility index (Phi) is 7.68. The van der Waals surface area contributed by atoms with E-state index in [0.717, 1.165) is 11.3 Å². The fourth-order valence-electron chi connectivity index (χ4n) is 3.42. The number of anilines is 2. The summed E-state index contributed by atoms with van der Waals surface area (Å²) in [5.74, 6) is -0.345. The number of nitrogens with zero attached hydrogens (tertiary/aromatic N) is 2. The highest BCUT2D eigenvalue weighted by molar-refractivity contribution is 8.00. The molecule has 164 valence electrons. The molecule has 8 heteroatoms. The van der Waals surface area contributed by atoms with Gasteiger partial charge in [0.1, 0.15) is 5.82 Å². The zero-order valence-electron chi connectivity index (χ0n) is 17.7. The highest BCUT2D eigenvalue weighted by Crippen LogP contribution is 2.22. The number of carbonyl (C=O) groups excluding carboxylic acids is 3. The average molecular weight is 444 g/mol. The Labute approximate surface area is 185 Å². The van der Waals surface area contributed by atoms with E-state index in [0.29, 0.717) is 37.4 Å². The number of halogens is 1. The van der Waals surface area contributed by atoms with Gasteiger partial charge in [-0.2, -0.15) is 0 Å². The van der Waals surface area contributed by atoms with Gasteiger partial charge < -0.3 is 15.1 Å². The summed E-state index contributed by atoms with van der Waals surface area (Å²) in [6.07, 6.45) is 0. The molecular weight excluding hydrogens is 417 g/mol. The van der Waals surface area contributed by atoms with Gasteiger partial charge in [0.15, 0.2) is 5.78 Å². The van der Waals surface area contributed by atoms with E-state index in [2.05, 4.69) is 5.32 Å². The topological polar surface area (TPSA) is 69.7 Å². The smallest absolute Gasteiger partial charge is 0.234 e. The zero-order valence-corrected chi connectivity index (χ0v) is 18.5. The minimum absolute atomic E-state index is 0.0274. The first-order chi connectivity index (χ1) is 14.8. The lowest BCUT2D eigenvalue weighted by atomic mass is 10.1. The van der Waals surface area contributed by atoms with E-state index in [1.807, 2.05) is 36.1 Å². The molecule has 1 heterocycles. The predicted octanol–water partition coefficient (Wildman–Crippen LogP) is 3.36. The zero-order chi connectivity index (χ0) is 22.4. The first kappa shape index (κ1) is 22.8. The van der Waals surface area contributed by atoms with Crippen LogP contribution in [0.4, 0.5) is 15.8 Å². The van der Waals surface area contributed by atoms with Crippen LogP contribution in [0.1, 0.15) is 22.8 Å². The maximum Gasteiger partial charge on any atom is 0.234 e. The number of nitrogens with one attached hydrogen (secondary N) is 1. The third-order valence-corrected chi connectivity index (χ3v) is 6.01. The van der Waals surface area contributed by atoms with Gasteiger partial charge in [0.2, 0.25) is 11.8 Å². The monoisotopic (exact) mass is 443 g/mol. The number of ketones is 1. The molecule has 1 aliphatic heterocycles. The molecule has 1 saturated heterocycles. The number of hydrogen-bond donors (Lipinski definition) is 1. The minimum Gasteiger partial charge on any atom is -0.366 e. The molecule has 0 bridgehead atoms. The SMILES string of the molecule is CC(=O)c1ccc(N2CCN(C(=O)CSCC(=O)Nc3cccc(C)c3)CC2)c(F)c1. The number of hydrogen-bond acceptors (Lipinski definition) is 5. The van der Waals surface area contributed by atoms with E-state index in [4.69, 9.17) is 0 Å². The molecule has 2 amide bonds. The van der Waals surface area contributed by atoms with Gasteiger partial charge in [0.05, 0.1) is 17.2 Å². The number of Topliss-reactive ketones (excluding diaryl/α,β-unsaturated/α-hetero) is 1.